The first kappa shape index (κ1) is 16.6. The van der Waals surface area contributed by atoms with Crippen LogP contribution in [0.5, 0.6) is 0 Å². The summed E-state index contributed by atoms with van der Waals surface area (Å²) in [6.45, 7) is -1.00. The summed E-state index contributed by atoms with van der Waals surface area (Å²) in [6, 6.07) is 0. The van der Waals surface area contributed by atoms with E-state index in [1.165, 1.54) is 0 Å². The topological polar surface area (TPSA) is 159 Å². The van der Waals surface area contributed by atoms with Gasteiger partial charge in [0.2, 0.25) is 5.76 Å². The first-order chi connectivity index (χ1) is 7.22. The number of hydrogen-bond donors (Lipinski definition) is 3. The van der Waals surface area contributed by atoms with Crippen LogP contribution < -0.4 is 9.79 Å². The molecule has 1 heterocycles. The van der Waals surface area contributed by atoms with Crippen molar-refractivity contribution >= 4 is 36.8 Å². The molecule has 0 spiro atoms. The third-order valence-corrected chi connectivity index (χ3v) is 2.16. The smallest absolute Gasteiger partial charge is 0.790 e. The minimum absolute atomic E-state index is 0. The Morgan fingerprint density at radius 2 is 2.00 bits per heavy atom. The molecule has 0 amide bonds. The molecule has 2 unspecified atom stereocenters. The first-order valence-electron chi connectivity index (χ1n) is 3.90. The van der Waals surface area contributed by atoms with E-state index in [1.54, 1.807) is 0 Å². The van der Waals surface area contributed by atoms with E-state index in [1.807, 2.05) is 0 Å². The average Bonchev–Trinajstić information content (AvgIpc) is 2.41. The molecule has 0 bridgehead atoms. The molecule has 0 aromatic carbocycles. The number of rotatable bonds is 4. The molecule has 2 atom stereocenters. The molecule has 3 N–H and O–H groups in total. The molecule has 1 aliphatic heterocycles. The Bertz CT molecular complexity index is 374. The molecule has 11 heteroatoms. The number of carbonyl (C=O) groups is 1. The summed E-state index contributed by atoms with van der Waals surface area (Å²) in [4.78, 5) is 30.8. The van der Waals surface area contributed by atoms with E-state index in [0.29, 0.717) is 0 Å². The molecule has 1 aliphatic rings. The molecule has 0 aliphatic carbocycles. The van der Waals surface area contributed by atoms with E-state index in [9.17, 15) is 24.3 Å². The number of phosphoric ester groups is 1. The third kappa shape index (κ3) is 4.43. The molecular formula is C6H7MgO9P. The molecular weight excluding hydrogens is 271 g/mol. The van der Waals surface area contributed by atoms with E-state index >= 15 is 0 Å². The van der Waals surface area contributed by atoms with Crippen molar-refractivity contribution in [2.24, 2.45) is 0 Å². The Morgan fingerprint density at radius 1 is 1.47 bits per heavy atom. The van der Waals surface area contributed by atoms with Crippen LogP contribution in [-0.2, 0) is 18.6 Å². The number of hydrogen-bond acceptors (Lipinski definition) is 9. The van der Waals surface area contributed by atoms with Crippen molar-refractivity contribution in [2.45, 2.75) is 12.2 Å². The second-order valence-electron chi connectivity index (χ2n) is 2.87. The van der Waals surface area contributed by atoms with Crippen LogP contribution in [0, 0.1) is 0 Å². The second kappa shape index (κ2) is 6.00. The molecule has 17 heavy (non-hydrogen) atoms. The Kier molecular flexibility index (Phi) is 5.88. The Labute approximate surface area is 111 Å². The van der Waals surface area contributed by atoms with E-state index < -0.39 is 44.1 Å². The number of aliphatic hydroxyl groups is 3. The maximum Gasteiger partial charge on any atom is 2.00 e. The SMILES string of the molecule is O=C1OC(C(O)COP(=O)([O-])[O-])C(O)=C1O.[Mg+2]. The van der Waals surface area contributed by atoms with E-state index in [2.05, 4.69) is 9.26 Å². The van der Waals surface area contributed by atoms with Crippen molar-refractivity contribution < 1.29 is 43.7 Å². The van der Waals surface area contributed by atoms with Crippen molar-refractivity contribution in [1.82, 2.24) is 0 Å². The molecule has 1 rings (SSSR count). The zero-order chi connectivity index (χ0) is 12.5. The predicted octanol–water partition coefficient (Wildman–Crippen LogP) is -2.94. The first-order valence-corrected chi connectivity index (χ1v) is 5.36. The number of phosphoric acid groups is 1. The van der Waals surface area contributed by atoms with Gasteiger partial charge in [-0.2, -0.15) is 0 Å². The van der Waals surface area contributed by atoms with Crippen molar-refractivity contribution in [3.63, 3.8) is 0 Å². The van der Waals surface area contributed by atoms with Crippen molar-refractivity contribution in [3.8, 4) is 0 Å². The number of aliphatic hydroxyl groups excluding tert-OH is 3. The quantitative estimate of drug-likeness (QED) is 0.278. The van der Waals surface area contributed by atoms with Gasteiger partial charge in [-0.1, -0.05) is 0 Å². The Hall–Kier alpha value is -0.354. The summed E-state index contributed by atoms with van der Waals surface area (Å²) in [7, 11) is -5.27. The predicted molar refractivity (Wildman–Crippen MR) is 47.5 cm³/mol. The third-order valence-electron chi connectivity index (χ3n) is 1.69. The van der Waals surface area contributed by atoms with Crippen LogP contribution in [0.2, 0.25) is 0 Å². The van der Waals surface area contributed by atoms with Crippen LogP contribution in [0.1, 0.15) is 0 Å². The van der Waals surface area contributed by atoms with Crippen LogP contribution in [-0.4, -0.2) is 63.2 Å². The number of ether oxygens (including phenoxy) is 1. The van der Waals surface area contributed by atoms with Crippen LogP contribution >= 0.6 is 7.82 Å². The van der Waals surface area contributed by atoms with Gasteiger partial charge in [0.1, 0.15) is 6.10 Å². The summed E-state index contributed by atoms with van der Waals surface area (Å²) < 4.78 is 18.1. The Morgan fingerprint density at radius 3 is 2.35 bits per heavy atom. The van der Waals surface area contributed by atoms with Gasteiger partial charge in [-0.05, 0) is 0 Å². The Balaban J connectivity index is 0.00000256. The number of carbonyl (C=O) groups excluding carboxylic acids is 1. The van der Waals surface area contributed by atoms with Gasteiger partial charge < -0.3 is 38.9 Å². The maximum atomic E-state index is 10.7. The molecule has 0 saturated heterocycles. The minimum atomic E-state index is -5.27. The standard InChI is InChI=1S/C6H9O9P.Mg/c7-2(1-14-16(11,12)13)5-3(8)4(9)6(10)15-5;/h2,5,7-9H,1H2,(H2,11,12,13);/q;+2/p-2. The minimum Gasteiger partial charge on any atom is -0.790 e. The van der Waals surface area contributed by atoms with Crippen LogP contribution in [0.3, 0.4) is 0 Å². The van der Waals surface area contributed by atoms with Crippen molar-refractivity contribution in [1.29, 1.82) is 0 Å². The fourth-order valence-corrected chi connectivity index (χ4v) is 1.32. The van der Waals surface area contributed by atoms with Gasteiger partial charge in [-0.15, -0.1) is 0 Å². The van der Waals surface area contributed by atoms with Crippen molar-refractivity contribution in [2.75, 3.05) is 6.61 Å². The summed E-state index contributed by atoms with van der Waals surface area (Å²) in [5, 5.41) is 27.1. The van der Waals surface area contributed by atoms with Gasteiger partial charge in [0.15, 0.2) is 11.9 Å². The van der Waals surface area contributed by atoms with Gasteiger partial charge in [0, 0.05) is 0 Å². The van der Waals surface area contributed by atoms with Crippen molar-refractivity contribution in [3.05, 3.63) is 11.5 Å². The normalized spacial score (nSPS) is 22.1. The van der Waals surface area contributed by atoms with E-state index in [0.717, 1.165) is 0 Å². The van der Waals surface area contributed by atoms with Crippen LogP contribution in [0.25, 0.3) is 0 Å². The van der Waals surface area contributed by atoms with E-state index in [4.69, 9.17) is 10.2 Å². The van der Waals surface area contributed by atoms with Crippen LogP contribution in [0.15, 0.2) is 11.5 Å². The summed E-state index contributed by atoms with van der Waals surface area (Å²) in [6.07, 6.45) is -3.44. The second-order valence-corrected chi connectivity index (χ2v) is 4.02. The molecule has 0 fully saturated rings. The monoisotopic (exact) mass is 278 g/mol. The van der Waals surface area contributed by atoms with Gasteiger partial charge in [-0.25, -0.2) is 4.79 Å². The molecule has 92 valence electrons. The summed E-state index contributed by atoms with van der Waals surface area (Å²) >= 11 is 0. The molecule has 0 aromatic heterocycles. The molecule has 0 saturated carbocycles. The van der Waals surface area contributed by atoms with E-state index in [-0.39, 0.29) is 23.1 Å². The molecule has 9 nitrogen and oxygen atoms in total. The zero-order valence-corrected chi connectivity index (χ0v) is 10.6. The maximum absolute atomic E-state index is 10.7. The fourth-order valence-electron chi connectivity index (χ4n) is 0.982. The fraction of sp³-hybridized carbons (Fsp3) is 0.500. The van der Waals surface area contributed by atoms with Gasteiger partial charge in [0.05, 0.1) is 14.4 Å². The average molecular weight is 278 g/mol. The number of esters is 1. The zero-order valence-electron chi connectivity index (χ0n) is 8.31. The summed E-state index contributed by atoms with van der Waals surface area (Å²) in [5.74, 6) is -3.31. The number of cyclic esters (lactones) is 1. The van der Waals surface area contributed by atoms with Crippen LogP contribution in [0.4, 0.5) is 0 Å². The molecule has 0 radical (unpaired) electrons. The summed E-state index contributed by atoms with van der Waals surface area (Å²) in [5.41, 5.74) is 0. The van der Waals surface area contributed by atoms with Gasteiger partial charge in [0.25, 0.3) is 0 Å². The molecule has 0 aromatic rings. The largest absolute Gasteiger partial charge is 2.00 e. The van der Waals surface area contributed by atoms with Gasteiger partial charge in [-0.3, -0.25) is 0 Å². The van der Waals surface area contributed by atoms with Gasteiger partial charge >= 0.3 is 29.0 Å².